The van der Waals surface area contributed by atoms with Crippen LogP contribution in [-0.2, 0) is 17.8 Å². The van der Waals surface area contributed by atoms with Crippen molar-refractivity contribution in [2.75, 3.05) is 4.90 Å². The van der Waals surface area contributed by atoms with Gasteiger partial charge < -0.3 is 4.90 Å². The summed E-state index contributed by atoms with van der Waals surface area (Å²) in [6, 6.07) is 13.3. The Bertz CT molecular complexity index is 956. The molecule has 6 nitrogen and oxygen atoms in total. The Morgan fingerprint density at radius 1 is 1.22 bits per heavy atom. The van der Waals surface area contributed by atoms with Crippen LogP contribution in [0.1, 0.15) is 12.5 Å². The van der Waals surface area contributed by atoms with Gasteiger partial charge in [-0.15, -0.1) is 5.10 Å². The van der Waals surface area contributed by atoms with Crippen molar-refractivity contribution in [2.45, 2.75) is 25.9 Å². The lowest BCUT2D eigenvalue weighted by molar-refractivity contribution is -0.119. The highest BCUT2D eigenvalue weighted by Crippen LogP contribution is 2.31. The third-order valence-electron chi connectivity index (χ3n) is 4.25. The van der Waals surface area contributed by atoms with Crippen LogP contribution < -0.4 is 10.6 Å². The summed E-state index contributed by atoms with van der Waals surface area (Å²) in [6.07, 6.45) is 2.49. The summed E-state index contributed by atoms with van der Waals surface area (Å²) in [7, 11) is 0. The van der Waals surface area contributed by atoms with Gasteiger partial charge in [-0.05, 0) is 37.1 Å². The molecule has 0 spiro atoms. The molecule has 1 unspecified atom stereocenters. The predicted molar refractivity (Wildman–Crippen MR) is 86.5 cm³/mol. The quantitative estimate of drug-likeness (QED) is 0.720. The Kier molecular flexibility index (Phi) is 3.04. The number of fused-ring (bicyclic) bond motifs is 2. The van der Waals surface area contributed by atoms with E-state index in [-0.39, 0.29) is 24.2 Å². The monoisotopic (exact) mass is 308 g/mol. The Balaban J connectivity index is 1.67. The average molecular weight is 308 g/mol. The first-order chi connectivity index (χ1) is 11.1. The smallest absolute Gasteiger partial charge is 0.307 e. The number of pyridine rings is 1. The van der Waals surface area contributed by atoms with E-state index in [0.29, 0.717) is 5.65 Å². The zero-order valence-corrected chi connectivity index (χ0v) is 12.7. The summed E-state index contributed by atoms with van der Waals surface area (Å²) >= 11 is 0. The topological polar surface area (TPSA) is 59.6 Å². The van der Waals surface area contributed by atoms with E-state index < -0.39 is 0 Å². The molecule has 0 N–H and O–H groups in total. The van der Waals surface area contributed by atoms with Gasteiger partial charge in [-0.2, -0.15) is 0 Å². The van der Waals surface area contributed by atoms with Gasteiger partial charge in [-0.25, -0.2) is 9.48 Å². The maximum atomic E-state index is 12.7. The number of nitrogens with zero attached hydrogens (tertiary/aromatic N) is 4. The molecule has 1 amide bonds. The van der Waals surface area contributed by atoms with Gasteiger partial charge in [0.1, 0.15) is 6.54 Å². The third kappa shape index (κ3) is 2.14. The summed E-state index contributed by atoms with van der Waals surface area (Å²) in [5.74, 6) is -0.118. The van der Waals surface area contributed by atoms with Crippen LogP contribution in [0.15, 0.2) is 53.5 Å². The van der Waals surface area contributed by atoms with E-state index in [4.69, 9.17) is 0 Å². The van der Waals surface area contributed by atoms with Crippen LogP contribution in [0.4, 0.5) is 5.69 Å². The summed E-state index contributed by atoms with van der Waals surface area (Å²) in [5.41, 5.74) is 2.34. The van der Waals surface area contributed by atoms with Crippen LogP contribution in [0.3, 0.4) is 0 Å². The summed E-state index contributed by atoms with van der Waals surface area (Å²) in [6.45, 7) is 1.96. The number of amides is 1. The van der Waals surface area contributed by atoms with Gasteiger partial charge >= 0.3 is 5.69 Å². The highest BCUT2D eigenvalue weighted by atomic mass is 16.2. The largest absolute Gasteiger partial charge is 0.350 e. The van der Waals surface area contributed by atoms with Crippen molar-refractivity contribution >= 4 is 17.2 Å². The van der Waals surface area contributed by atoms with Crippen molar-refractivity contribution in [2.24, 2.45) is 0 Å². The molecule has 0 saturated heterocycles. The lowest BCUT2D eigenvalue weighted by Gasteiger charge is -2.22. The van der Waals surface area contributed by atoms with Gasteiger partial charge in [0.2, 0.25) is 5.91 Å². The number of carbonyl (C=O) groups is 1. The fraction of sp³-hybridized carbons (Fsp3) is 0.235. The molecule has 4 rings (SSSR count). The first kappa shape index (κ1) is 13.8. The fourth-order valence-corrected chi connectivity index (χ4v) is 3.22. The molecule has 3 heterocycles. The normalized spacial score (nSPS) is 16.7. The standard InChI is InChI=1S/C17H16N4O2/c1-12-10-13-6-2-3-7-14(13)21(12)16(22)11-20-17(23)19-9-5-4-8-15(19)18-20/h2-9,12H,10-11H2,1H3. The first-order valence-corrected chi connectivity index (χ1v) is 7.59. The Hall–Kier alpha value is -2.89. The van der Waals surface area contributed by atoms with E-state index >= 15 is 0 Å². The number of rotatable bonds is 2. The maximum Gasteiger partial charge on any atom is 0.350 e. The molecule has 2 aromatic heterocycles. The van der Waals surface area contributed by atoms with Gasteiger partial charge in [0.25, 0.3) is 0 Å². The number of para-hydroxylation sites is 1. The number of aromatic nitrogens is 3. The van der Waals surface area contributed by atoms with E-state index in [0.717, 1.165) is 17.7 Å². The van der Waals surface area contributed by atoms with Crippen LogP contribution in [0, 0.1) is 0 Å². The SMILES string of the molecule is CC1Cc2ccccc2N1C(=O)Cn1nc2ccccn2c1=O. The molecule has 1 atom stereocenters. The van der Waals surface area contributed by atoms with Crippen molar-refractivity contribution in [3.63, 3.8) is 0 Å². The van der Waals surface area contributed by atoms with Crippen LogP contribution in [0.2, 0.25) is 0 Å². The molecule has 1 aliphatic rings. The van der Waals surface area contributed by atoms with Crippen molar-refractivity contribution in [1.29, 1.82) is 0 Å². The van der Waals surface area contributed by atoms with Gasteiger partial charge in [-0.1, -0.05) is 24.3 Å². The number of anilines is 1. The van der Waals surface area contributed by atoms with E-state index in [1.165, 1.54) is 9.08 Å². The van der Waals surface area contributed by atoms with Gasteiger partial charge in [-0.3, -0.25) is 9.20 Å². The molecule has 0 fully saturated rings. The second-order valence-electron chi connectivity index (χ2n) is 5.81. The maximum absolute atomic E-state index is 12.7. The molecule has 0 radical (unpaired) electrons. The highest BCUT2D eigenvalue weighted by molar-refractivity contribution is 5.96. The zero-order valence-electron chi connectivity index (χ0n) is 12.7. The first-order valence-electron chi connectivity index (χ1n) is 7.59. The van der Waals surface area contributed by atoms with Crippen LogP contribution >= 0.6 is 0 Å². The second-order valence-corrected chi connectivity index (χ2v) is 5.81. The molecule has 0 saturated carbocycles. The van der Waals surface area contributed by atoms with Crippen LogP contribution in [-0.4, -0.2) is 26.1 Å². The van der Waals surface area contributed by atoms with Crippen molar-refractivity contribution < 1.29 is 4.79 Å². The van der Waals surface area contributed by atoms with Gasteiger partial charge in [0.05, 0.1) is 0 Å². The summed E-state index contributed by atoms with van der Waals surface area (Å²) in [5, 5.41) is 4.22. The Morgan fingerprint density at radius 2 is 2.00 bits per heavy atom. The lowest BCUT2D eigenvalue weighted by Crippen LogP contribution is -2.40. The molecular weight excluding hydrogens is 292 g/mol. The van der Waals surface area contributed by atoms with Gasteiger partial charge in [0.15, 0.2) is 5.65 Å². The fourth-order valence-electron chi connectivity index (χ4n) is 3.22. The lowest BCUT2D eigenvalue weighted by atomic mass is 10.1. The van der Waals surface area contributed by atoms with E-state index in [9.17, 15) is 9.59 Å². The molecule has 1 aliphatic heterocycles. The van der Waals surface area contributed by atoms with E-state index in [2.05, 4.69) is 5.10 Å². The average Bonchev–Trinajstić information content (AvgIpc) is 3.04. The summed E-state index contributed by atoms with van der Waals surface area (Å²) < 4.78 is 2.67. The van der Waals surface area contributed by atoms with Gasteiger partial charge in [0, 0.05) is 17.9 Å². The van der Waals surface area contributed by atoms with Crippen LogP contribution in [0.25, 0.3) is 5.65 Å². The van der Waals surface area contributed by atoms with Crippen molar-refractivity contribution in [3.05, 3.63) is 64.7 Å². The Morgan fingerprint density at radius 3 is 2.83 bits per heavy atom. The van der Waals surface area contributed by atoms with E-state index in [1.54, 1.807) is 23.2 Å². The molecular formula is C17H16N4O2. The van der Waals surface area contributed by atoms with Crippen LogP contribution in [0.5, 0.6) is 0 Å². The second kappa shape index (κ2) is 5.08. The highest BCUT2D eigenvalue weighted by Gasteiger charge is 2.31. The minimum absolute atomic E-state index is 0.0564. The molecule has 23 heavy (non-hydrogen) atoms. The van der Waals surface area contributed by atoms with Crippen molar-refractivity contribution in [3.8, 4) is 0 Å². The third-order valence-corrected chi connectivity index (χ3v) is 4.25. The minimum Gasteiger partial charge on any atom is -0.307 e. The number of hydrogen-bond acceptors (Lipinski definition) is 3. The number of hydrogen-bond donors (Lipinski definition) is 0. The predicted octanol–water partition coefficient (Wildman–Crippen LogP) is 1.47. The Labute approximate surface area is 132 Å². The molecule has 0 bridgehead atoms. The molecule has 6 heteroatoms. The molecule has 116 valence electrons. The van der Waals surface area contributed by atoms with E-state index in [1.807, 2.05) is 37.3 Å². The molecule has 3 aromatic rings. The van der Waals surface area contributed by atoms with Crippen molar-refractivity contribution in [1.82, 2.24) is 14.2 Å². The minimum atomic E-state index is -0.297. The molecule has 1 aromatic carbocycles. The number of benzene rings is 1. The molecule has 0 aliphatic carbocycles. The summed E-state index contributed by atoms with van der Waals surface area (Å²) in [4.78, 5) is 26.8. The number of carbonyl (C=O) groups excluding carboxylic acids is 1. The zero-order chi connectivity index (χ0) is 16.0.